The Morgan fingerprint density at radius 2 is 1.91 bits per heavy atom. The second-order valence-electron chi connectivity index (χ2n) is 7.89. The molecule has 32 heavy (non-hydrogen) atoms. The molecule has 1 N–H and O–H groups in total. The number of methoxy groups -OCH3 is 1. The Bertz CT molecular complexity index is 1440. The number of carbonyl (C=O) groups is 1. The van der Waals surface area contributed by atoms with Gasteiger partial charge in [-0.15, -0.1) is 0 Å². The van der Waals surface area contributed by atoms with Gasteiger partial charge in [-0.2, -0.15) is 0 Å². The number of thiazole rings is 1. The molecule has 1 aromatic heterocycles. The zero-order chi connectivity index (χ0) is 22.3. The summed E-state index contributed by atoms with van der Waals surface area (Å²) in [4.78, 5) is 17.3. The van der Waals surface area contributed by atoms with Crippen molar-refractivity contribution in [2.45, 2.75) is 30.6 Å². The molecule has 3 aromatic carbocycles. The van der Waals surface area contributed by atoms with Crippen LogP contribution in [0, 0.1) is 0 Å². The lowest BCUT2D eigenvalue weighted by atomic mass is 10.0. The molecule has 4 aromatic rings. The minimum atomic E-state index is -3.45. The maximum atomic E-state index is 12.5. The molecule has 0 spiro atoms. The van der Waals surface area contributed by atoms with Gasteiger partial charge in [-0.25, -0.2) is 13.4 Å². The van der Waals surface area contributed by atoms with E-state index in [2.05, 4.69) is 34.6 Å². The highest BCUT2D eigenvalue weighted by molar-refractivity contribution is 7.91. The maximum absolute atomic E-state index is 12.5. The molecule has 164 valence electrons. The topological polar surface area (TPSA) is 85.4 Å². The molecule has 1 amide bonds. The number of sulfone groups is 1. The second kappa shape index (κ2) is 8.18. The summed E-state index contributed by atoms with van der Waals surface area (Å²) >= 11 is 1.46. The molecular formula is C24H22N2O4S2. The average molecular weight is 467 g/mol. The number of benzene rings is 3. The van der Waals surface area contributed by atoms with Crippen LogP contribution in [0.25, 0.3) is 21.0 Å². The molecule has 0 fully saturated rings. The van der Waals surface area contributed by atoms with E-state index in [9.17, 15) is 13.2 Å². The average Bonchev–Trinajstić information content (AvgIpc) is 3.39. The molecule has 1 aliphatic rings. The van der Waals surface area contributed by atoms with Gasteiger partial charge in [0.05, 0.1) is 28.0 Å². The van der Waals surface area contributed by atoms with E-state index in [-0.39, 0.29) is 29.4 Å². The standard InChI is InChI=1S/C24H22N2O4S2/c1-30-17-9-11-18(12-10-17)32(28,29)13-3-6-21(27)25-24-26-23-19-5-2-4-15-7-8-16(22(15)19)14-20(23)31-24/h2,4-5,9-12,14H,3,6-8,13H2,1H3,(H,25,26,27). The van der Waals surface area contributed by atoms with Gasteiger partial charge in [0.1, 0.15) is 5.75 Å². The smallest absolute Gasteiger partial charge is 0.226 e. The van der Waals surface area contributed by atoms with E-state index in [0.717, 1.165) is 28.4 Å². The Kier molecular flexibility index (Phi) is 5.35. The first-order chi connectivity index (χ1) is 15.4. The number of rotatable bonds is 7. The highest BCUT2D eigenvalue weighted by atomic mass is 32.2. The van der Waals surface area contributed by atoms with E-state index in [0.29, 0.717) is 10.9 Å². The van der Waals surface area contributed by atoms with Gasteiger partial charge in [0.25, 0.3) is 0 Å². The van der Waals surface area contributed by atoms with E-state index >= 15 is 0 Å². The minimum Gasteiger partial charge on any atom is -0.497 e. The van der Waals surface area contributed by atoms with Crippen LogP contribution in [0.4, 0.5) is 5.13 Å². The number of nitrogens with zero attached hydrogens (tertiary/aromatic N) is 1. The lowest BCUT2D eigenvalue weighted by molar-refractivity contribution is -0.116. The largest absolute Gasteiger partial charge is 0.497 e. The fraction of sp³-hybridized carbons (Fsp3) is 0.250. The summed E-state index contributed by atoms with van der Waals surface area (Å²) in [6.07, 6.45) is 2.45. The Labute approximate surface area is 190 Å². The number of nitrogens with one attached hydrogen (secondary N) is 1. The number of anilines is 1. The number of hydrogen-bond donors (Lipinski definition) is 1. The predicted octanol–water partition coefficient (Wildman–Crippen LogP) is 4.75. The van der Waals surface area contributed by atoms with Crippen molar-refractivity contribution >= 4 is 53.2 Å². The fourth-order valence-corrected chi connectivity index (χ4v) is 6.54. The third-order valence-corrected chi connectivity index (χ3v) is 8.57. The third-order valence-electron chi connectivity index (χ3n) is 5.83. The van der Waals surface area contributed by atoms with Gasteiger partial charge in [-0.3, -0.25) is 4.79 Å². The van der Waals surface area contributed by atoms with E-state index in [1.165, 1.54) is 47.1 Å². The van der Waals surface area contributed by atoms with Crippen molar-refractivity contribution in [2.24, 2.45) is 0 Å². The number of aromatic nitrogens is 1. The van der Waals surface area contributed by atoms with Crippen LogP contribution in [-0.2, 0) is 27.5 Å². The summed E-state index contributed by atoms with van der Waals surface area (Å²) in [7, 11) is -1.92. The molecule has 6 nitrogen and oxygen atoms in total. The van der Waals surface area contributed by atoms with E-state index in [1.54, 1.807) is 12.1 Å². The van der Waals surface area contributed by atoms with Crippen molar-refractivity contribution in [2.75, 3.05) is 18.2 Å². The number of aryl methyl sites for hydroxylation is 2. The molecule has 0 unspecified atom stereocenters. The molecule has 1 heterocycles. The maximum Gasteiger partial charge on any atom is 0.226 e. The van der Waals surface area contributed by atoms with Gasteiger partial charge in [-0.05, 0) is 66.1 Å². The first kappa shape index (κ1) is 20.9. The molecular weight excluding hydrogens is 444 g/mol. The number of amides is 1. The van der Waals surface area contributed by atoms with Crippen LogP contribution in [0.2, 0.25) is 0 Å². The van der Waals surface area contributed by atoms with Crippen molar-refractivity contribution < 1.29 is 17.9 Å². The van der Waals surface area contributed by atoms with Crippen molar-refractivity contribution in [3.8, 4) is 5.75 Å². The summed E-state index contributed by atoms with van der Waals surface area (Å²) in [6, 6.07) is 14.8. The SMILES string of the molecule is COc1ccc(S(=O)(=O)CCCC(=O)Nc2nc3c(cc4c5c(cccc53)CC4)s2)cc1. The van der Waals surface area contributed by atoms with E-state index < -0.39 is 9.84 Å². The van der Waals surface area contributed by atoms with Crippen LogP contribution in [-0.4, -0.2) is 32.2 Å². The molecule has 0 atom stereocenters. The number of fused-ring (bicyclic) bond motifs is 2. The lowest BCUT2D eigenvalue weighted by Crippen LogP contribution is -2.14. The zero-order valence-corrected chi connectivity index (χ0v) is 19.2. The molecule has 0 radical (unpaired) electrons. The monoisotopic (exact) mass is 466 g/mol. The lowest BCUT2D eigenvalue weighted by Gasteiger charge is -2.06. The van der Waals surface area contributed by atoms with Crippen LogP contribution in [0.3, 0.4) is 0 Å². The second-order valence-corrected chi connectivity index (χ2v) is 11.0. The normalized spacial score (nSPS) is 13.0. The molecule has 8 heteroatoms. The molecule has 0 bridgehead atoms. The number of carbonyl (C=O) groups excluding carboxylic acids is 1. The van der Waals surface area contributed by atoms with Gasteiger partial charge < -0.3 is 10.1 Å². The van der Waals surface area contributed by atoms with E-state index in [4.69, 9.17) is 4.74 Å². The Hall–Kier alpha value is -2.97. The predicted molar refractivity (Wildman–Crippen MR) is 127 cm³/mol. The molecule has 0 aliphatic heterocycles. The quantitative estimate of drug-likeness (QED) is 0.425. The van der Waals surface area contributed by atoms with Crippen molar-refractivity contribution in [3.63, 3.8) is 0 Å². The first-order valence-electron chi connectivity index (χ1n) is 10.5. The summed E-state index contributed by atoms with van der Waals surface area (Å²) in [5, 5.41) is 5.83. The van der Waals surface area contributed by atoms with E-state index in [1.807, 2.05) is 0 Å². The van der Waals surface area contributed by atoms with Gasteiger partial charge in [-0.1, -0.05) is 29.5 Å². The van der Waals surface area contributed by atoms with Crippen LogP contribution in [0.5, 0.6) is 5.75 Å². The van der Waals surface area contributed by atoms with Crippen molar-refractivity contribution in [1.82, 2.24) is 4.98 Å². The summed E-state index contributed by atoms with van der Waals surface area (Å²) in [5.41, 5.74) is 3.61. The molecule has 5 rings (SSSR count). The fourth-order valence-electron chi connectivity index (χ4n) is 4.26. The molecule has 1 aliphatic carbocycles. The minimum absolute atomic E-state index is 0.0939. The first-order valence-corrected chi connectivity index (χ1v) is 12.9. The van der Waals surface area contributed by atoms with Gasteiger partial charge in [0, 0.05) is 11.8 Å². The summed E-state index contributed by atoms with van der Waals surface area (Å²) < 4.78 is 31.1. The summed E-state index contributed by atoms with van der Waals surface area (Å²) in [5.74, 6) is 0.274. The highest BCUT2D eigenvalue weighted by Crippen LogP contribution is 2.39. The Morgan fingerprint density at radius 1 is 1.12 bits per heavy atom. The highest BCUT2D eigenvalue weighted by Gasteiger charge is 2.19. The van der Waals surface area contributed by atoms with Gasteiger partial charge in [0.15, 0.2) is 15.0 Å². The molecule has 0 saturated heterocycles. The summed E-state index contributed by atoms with van der Waals surface area (Å²) in [6.45, 7) is 0. The van der Waals surface area contributed by atoms with Crippen molar-refractivity contribution in [1.29, 1.82) is 0 Å². The number of ether oxygens (including phenoxy) is 1. The molecule has 0 saturated carbocycles. The number of hydrogen-bond acceptors (Lipinski definition) is 6. The van der Waals surface area contributed by atoms with Crippen LogP contribution in [0.15, 0.2) is 53.4 Å². The Morgan fingerprint density at radius 3 is 2.69 bits per heavy atom. The van der Waals surface area contributed by atoms with Crippen LogP contribution < -0.4 is 10.1 Å². The van der Waals surface area contributed by atoms with Crippen LogP contribution in [0.1, 0.15) is 24.0 Å². The van der Waals surface area contributed by atoms with Crippen molar-refractivity contribution in [3.05, 3.63) is 59.7 Å². The zero-order valence-electron chi connectivity index (χ0n) is 17.6. The van der Waals surface area contributed by atoms with Gasteiger partial charge in [0.2, 0.25) is 5.91 Å². The van der Waals surface area contributed by atoms with Gasteiger partial charge >= 0.3 is 0 Å². The third kappa shape index (κ3) is 3.84. The van der Waals surface area contributed by atoms with Crippen LogP contribution >= 0.6 is 11.3 Å². The Balaban J connectivity index is 1.25.